The molecule has 5 nitrogen and oxygen atoms in total. The van der Waals surface area contributed by atoms with Crippen LogP contribution in [0.3, 0.4) is 0 Å². The first kappa shape index (κ1) is 15.9. The fourth-order valence-corrected chi connectivity index (χ4v) is 2.84. The first-order valence-corrected chi connectivity index (χ1v) is 7.79. The molecule has 2 aromatic carbocycles. The largest absolute Gasteiger partial charge is 0.350 e. The fourth-order valence-electron chi connectivity index (χ4n) is 2.84. The first-order chi connectivity index (χ1) is 11.5. The molecule has 2 aromatic rings. The SMILES string of the molecule is Cc1cccc(CNC(=O)C(C)N2C(=O)c3ccccc3C2=O)c1. The molecule has 1 aliphatic rings. The van der Waals surface area contributed by atoms with Gasteiger partial charge in [0.15, 0.2) is 0 Å². The van der Waals surface area contributed by atoms with Crippen LogP contribution in [-0.2, 0) is 11.3 Å². The van der Waals surface area contributed by atoms with Crippen molar-refractivity contribution < 1.29 is 14.4 Å². The van der Waals surface area contributed by atoms with E-state index in [9.17, 15) is 14.4 Å². The Labute approximate surface area is 140 Å². The van der Waals surface area contributed by atoms with Crippen LogP contribution < -0.4 is 5.32 Å². The first-order valence-electron chi connectivity index (χ1n) is 7.79. The molecule has 3 amide bonds. The minimum Gasteiger partial charge on any atom is -0.350 e. The van der Waals surface area contributed by atoms with Gasteiger partial charge in [0.25, 0.3) is 11.8 Å². The number of amides is 3. The zero-order valence-corrected chi connectivity index (χ0v) is 13.6. The second-order valence-electron chi connectivity index (χ2n) is 5.91. The topological polar surface area (TPSA) is 66.5 Å². The average molecular weight is 322 g/mol. The van der Waals surface area contributed by atoms with Crippen LogP contribution in [0.5, 0.6) is 0 Å². The highest BCUT2D eigenvalue weighted by Crippen LogP contribution is 2.24. The number of aryl methyl sites for hydroxylation is 1. The zero-order valence-electron chi connectivity index (χ0n) is 13.6. The maximum absolute atomic E-state index is 12.4. The van der Waals surface area contributed by atoms with Crippen molar-refractivity contribution in [3.05, 3.63) is 70.8 Å². The molecule has 5 heteroatoms. The highest BCUT2D eigenvalue weighted by atomic mass is 16.2. The Morgan fingerprint density at radius 2 is 1.67 bits per heavy atom. The number of imide groups is 1. The molecule has 1 N–H and O–H groups in total. The van der Waals surface area contributed by atoms with Gasteiger partial charge in [0, 0.05) is 6.54 Å². The molecule has 0 fully saturated rings. The van der Waals surface area contributed by atoms with Crippen molar-refractivity contribution in [1.82, 2.24) is 10.2 Å². The number of hydrogen-bond donors (Lipinski definition) is 1. The predicted molar refractivity (Wildman–Crippen MR) is 89.4 cm³/mol. The van der Waals surface area contributed by atoms with Gasteiger partial charge in [0.2, 0.25) is 5.91 Å². The van der Waals surface area contributed by atoms with Crippen LogP contribution in [-0.4, -0.2) is 28.7 Å². The summed E-state index contributed by atoms with van der Waals surface area (Å²) < 4.78 is 0. The van der Waals surface area contributed by atoms with Crippen LogP contribution in [0.1, 0.15) is 38.8 Å². The molecule has 3 rings (SSSR count). The van der Waals surface area contributed by atoms with E-state index in [0.717, 1.165) is 16.0 Å². The van der Waals surface area contributed by atoms with E-state index in [-0.39, 0.29) is 5.91 Å². The molecule has 0 saturated carbocycles. The van der Waals surface area contributed by atoms with Gasteiger partial charge >= 0.3 is 0 Å². The molecule has 1 unspecified atom stereocenters. The molecule has 1 atom stereocenters. The highest BCUT2D eigenvalue weighted by Gasteiger charge is 2.40. The van der Waals surface area contributed by atoms with Gasteiger partial charge in [-0.2, -0.15) is 0 Å². The number of hydrogen-bond acceptors (Lipinski definition) is 3. The molecule has 24 heavy (non-hydrogen) atoms. The number of nitrogens with zero attached hydrogens (tertiary/aromatic N) is 1. The van der Waals surface area contributed by atoms with Gasteiger partial charge in [0.1, 0.15) is 6.04 Å². The van der Waals surface area contributed by atoms with Crippen LogP contribution in [0, 0.1) is 6.92 Å². The highest BCUT2D eigenvalue weighted by molar-refractivity contribution is 6.22. The van der Waals surface area contributed by atoms with Crippen LogP contribution in [0.4, 0.5) is 0 Å². The second kappa shape index (κ2) is 6.28. The molecule has 0 spiro atoms. The molecule has 0 saturated heterocycles. The van der Waals surface area contributed by atoms with Gasteiger partial charge in [-0.1, -0.05) is 42.0 Å². The van der Waals surface area contributed by atoms with Gasteiger partial charge in [-0.3, -0.25) is 19.3 Å². The van der Waals surface area contributed by atoms with Crippen molar-refractivity contribution in [2.24, 2.45) is 0 Å². The minimum atomic E-state index is -0.859. The second-order valence-corrected chi connectivity index (χ2v) is 5.91. The Hall–Kier alpha value is -2.95. The van der Waals surface area contributed by atoms with Crippen molar-refractivity contribution in [2.75, 3.05) is 0 Å². The van der Waals surface area contributed by atoms with Gasteiger partial charge in [0.05, 0.1) is 11.1 Å². The van der Waals surface area contributed by atoms with Crippen LogP contribution in [0.2, 0.25) is 0 Å². The summed E-state index contributed by atoms with van der Waals surface area (Å²) in [6.45, 7) is 3.90. The summed E-state index contributed by atoms with van der Waals surface area (Å²) in [5.74, 6) is -1.20. The number of rotatable bonds is 4. The van der Waals surface area contributed by atoms with Crippen molar-refractivity contribution >= 4 is 17.7 Å². The van der Waals surface area contributed by atoms with E-state index in [1.807, 2.05) is 31.2 Å². The summed E-state index contributed by atoms with van der Waals surface area (Å²) in [4.78, 5) is 38.2. The van der Waals surface area contributed by atoms with Crippen LogP contribution in [0.25, 0.3) is 0 Å². The maximum atomic E-state index is 12.4. The summed E-state index contributed by atoms with van der Waals surface area (Å²) in [7, 11) is 0. The summed E-state index contributed by atoms with van der Waals surface area (Å²) in [6, 6.07) is 13.6. The lowest BCUT2D eigenvalue weighted by atomic mass is 10.1. The fraction of sp³-hybridized carbons (Fsp3) is 0.211. The molecular weight excluding hydrogens is 304 g/mol. The Morgan fingerprint density at radius 1 is 1.04 bits per heavy atom. The van der Waals surface area contributed by atoms with E-state index in [1.165, 1.54) is 0 Å². The predicted octanol–water partition coefficient (Wildman–Crippen LogP) is 2.30. The minimum absolute atomic E-state index is 0.348. The average Bonchev–Trinajstić information content (AvgIpc) is 2.84. The molecular formula is C19H18N2O3. The number of nitrogens with one attached hydrogen (secondary N) is 1. The Balaban J connectivity index is 1.70. The Kier molecular flexibility index (Phi) is 4.16. The number of carbonyl (C=O) groups is 3. The number of carbonyl (C=O) groups excluding carboxylic acids is 3. The lowest BCUT2D eigenvalue weighted by molar-refractivity contribution is -0.124. The molecule has 1 aliphatic heterocycles. The van der Waals surface area contributed by atoms with E-state index in [0.29, 0.717) is 17.7 Å². The third kappa shape index (κ3) is 2.80. The standard InChI is InChI=1S/C19H18N2O3/c1-12-6-5-7-14(10-12)11-20-17(22)13(2)21-18(23)15-8-3-4-9-16(15)19(21)24/h3-10,13H,11H2,1-2H3,(H,20,22). The van der Waals surface area contributed by atoms with Crippen LogP contribution in [0.15, 0.2) is 48.5 Å². The zero-order chi connectivity index (χ0) is 17.3. The normalized spacial score (nSPS) is 14.5. The van der Waals surface area contributed by atoms with Gasteiger partial charge < -0.3 is 5.32 Å². The smallest absolute Gasteiger partial charge is 0.262 e. The van der Waals surface area contributed by atoms with Gasteiger partial charge in [-0.05, 0) is 31.5 Å². The van der Waals surface area contributed by atoms with E-state index in [4.69, 9.17) is 0 Å². The van der Waals surface area contributed by atoms with E-state index >= 15 is 0 Å². The monoisotopic (exact) mass is 322 g/mol. The van der Waals surface area contributed by atoms with Gasteiger partial charge in [-0.25, -0.2) is 0 Å². The molecule has 0 bridgehead atoms. The van der Waals surface area contributed by atoms with E-state index < -0.39 is 17.9 Å². The summed E-state index contributed by atoms with van der Waals surface area (Å²) in [6.07, 6.45) is 0. The summed E-state index contributed by atoms with van der Waals surface area (Å²) >= 11 is 0. The summed E-state index contributed by atoms with van der Waals surface area (Å²) in [5.41, 5.74) is 2.77. The van der Waals surface area contributed by atoms with Gasteiger partial charge in [-0.15, -0.1) is 0 Å². The molecule has 0 aromatic heterocycles. The summed E-state index contributed by atoms with van der Waals surface area (Å²) in [5, 5.41) is 2.79. The van der Waals surface area contributed by atoms with E-state index in [1.54, 1.807) is 31.2 Å². The lowest BCUT2D eigenvalue weighted by Crippen LogP contribution is -2.47. The Bertz CT molecular complexity index is 794. The number of benzene rings is 2. The van der Waals surface area contributed by atoms with Crippen molar-refractivity contribution in [3.63, 3.8) is 0 Å². The van der Waals surface area contributed by atoms with Crippen molar-refractivity contribution in [2.45, 2.75) is 26.4 Å². The van der Waals surface area contributed by atoms with E-state index in [2.05, 4.69) is 5.32 Å². The van der Waals surface area contributed by atoms with Crippen molar-refractivity contribution in [1.29, 1.82) is 0 Å². The maximum Gasteiger partial charge on any atom is 0.262 e. The third-order valence-corrected chi connectivity index (χ3v) is 4.14. The quantitative estimate of drug-likeness (QED) is 0.878. The molecule has 0 aliphatic carbocycles. The van der Waals surface area contributed by atoms with Crippen molar-refractivity contribution in [3.8, 4) is 0 Å². The molecule has 0 radical (unpaired) electrons. The lowest BCUT2D eigenvalue weighted by Gasteiger charge is -2.21. The molecule has 122 valence electrons. The number of fused-ring (bicyclic) bond motifs is 1. The molecule has 1 heterocycles. The third-order valence-electron chi connectivity index (χ3n) is 4.14. The Morgan fingerprint density at radius 3 is 2.25 bits per heavy atom. The van der Waals surface area contributed by atoms with Crippen LogP contribution >= 0.6 is 0 Å².